The lowest BCUT2D eigenvalue weighted by Gasteiger charge is -2.14. The van der Waals surface area contributed by atoms with E-state index in [0.717, 1.165) is 5.56 Å². The van der Waals surface area contributed by atoms with Crippen molar-refractivity contribution in [2.45, 2.75) is 18.2 Å². The molecule has 0 aromatic heterocycles. The quantitative estimate of drug-likeness (QED) is 0.843. The summed E-state index contributed by atoms with van der Waals surface area (Å²) < 4.78 is 56.5. The summed E-state index contributed by atoms with van der Waals surface area (Å²) in [5, 5.41) is 0.246. The van der Waals surface area contributed by atoms with Gasteiger partial charge in [0.2, 0.25) is 0 Å². The van der Waals surface area contributed by atoms with Crippen molar-refractivity contribution >= 4 is 27.3 Å². The molecule has 0 atom stereocenters. The minimum absolute atomic E-state index is 0.00118. The third-order valence-electron chi connectivity index (χ3n) is 2.88. The second-order valence-electron chi connectivity index (χ2n) is 4.76. The molecule has 124 valence electrons. The minimum atomic E-state index is -3.88. The number of nitrogens with one attached hydrogen (secondary N) is 1. The van der Waals surface area contributed by atoms with Gasteiger partial charge in [0, 0.05) is 5.02 Å². The number of ether oxygens (including phenoxy) is 1. The van der Waals surface area contributed by atoms with Crippen molar-refractivity contribution < 1.29 is 21.9 Å². The predicted octanol–water partition coefficient (Wildman–Crippen LogP) is 4.09. The van der Waals surface area contributed by atoms with Gasteiger partial charge in [-0.2, -0.15) is 0 Å². The molecule has 0 unspecified atom stereocenters. The molecule has 8 heteroatoms. The number of sulfonamides is 1. The lowest BCUT2D eigenvalue weighted by Crippen LogP contribution is -2.15. The molecule has 0 aliphatic heterocycles. The summed E-state index contributed by atoms with van der Waals surface area (Å²) in [6.07, 6.45) is -2.67. The van der Waals surface area contributed by atoms with Crippen LogP contribution >= 0.6 is 11.6 Å². The standard InChI is InChI=1S/C15H14ClF2NO3S/c1-10-2-5-12(6-3-10)23(20,21)19-13-8-11(16)4-7-14(13)22-9-15(17)18/h2-8,15,19H,9H2,1H3. The summed E-state index contributed by atoms with van der Waals surface area (Å²) in [6, 6.07) is 10.3. The summed E-state index contributed by atoms with van der Waals surface area (Å²) in [7, 11) is -3.88. The summed E-state index contributed by atoms with van der Waals surface area (Å²) in [5.41, 5.74) is 0.909. The number of halogens is 3. The van der Waals surface area contributed by atoms with Gasteiger partial charge in [0.25, 0.3) is 16.4 Å². The number of alkyl halides is 2. The maximum absolute atomic E-state index is 12.4. The number of hydrogen-bond donors (Lipinski definition) is 1. The first kappa shape index (κ1) is 17.5. The van der Waals surface area contributed by atoms with Crippen LogP contribution in [0.25, 0.3) is 0 Å². The summed E-state index contributed by atoms with van der Waals surface area (Å²) in [6.45, 7) is 0.984. The normalized spacial score (nSPS) is 11.5. The van der Waals surface area contributed by atoms with E-state index in [1.807, 2.05) is 6.92 Å². The van der Waals surface area contributed by atoms with E-state index < -0.39 is 23.1 Å². The molecule has 0 spiro atoms. The van der Waals surface area contributed by atoms with Crippen LogP contribution in [0.2, 0.25) is 5.02 Å². The first-order valence-electron chi connectivity index (χ1n) is 6.58. The van der Waals surface area contributed by atoms with Gasteiger partial charge in [-0.25, -0.2) is 17.2 Å². The molecular formula is C15H14ClF2NO3S. The first-order valence-corrected chi connectivity index (χ1v) is 8.44. The van der Waals surface area contributed by atoms with E-state index in [2.05, 4.69) is 4.72 Å². The van der Waals surface area contributed by atoms with Crippen LogP contribution in [-0.2, 0) is 10.0 Å². The maximum atomic E-state index is 12.4. The first-order chi connectivity index (χ1) is 10.8. The van der Waals surface area contributed by atoms with Crippen molar-refractivity contribution in [3.05, 3.63) is 53.1 Å². The summed E-state index contributed by atoms with van der Waals surface area (Å²) >= 11 is 5.84. The average molecular weight is 362 g/mol. The van der Waals surface area contributed by atoms with Crippen molar-refractivity contribution in [3.63, 3.8) is 0 Å². The third kappa shape index (κ3) is 4.80. The van der Waals surface area contributed by atoms with Crippen LogP contribution in [-0.4, -0.2) is 21.5 Å². The molecule has 23 heavy (non-hydrogen) atoms. The highest BCUT2D eigenvalue weighted by Crippen LogP contribution is 2.30. The second kappa shape index (κ2) is 7.14. The Hall–Kier alpha value is -1.86. The molecule has 2 aromatic rings. The van der Waals surface area contributed by atoms with Crippen molar-refractivity contribution in [1.82, 2.24) is 0 Å². The molecule has 0 saturated carbocycles. The van der Waals surface area contributed by atoms with Gasteiger partial charge in [0.15, 0.2) is 0 Å². The summed E-state index contributed by atoms with van der Waals surface area (Å²) in [5.74, 6) is -0.0228. The molecule has 0 aliphatic carbocycles. The fourth-order valence-electron chi connectivity index (χ4n) is 1.78. The zero-order valence-corrected chi connectivity index (χ0v) is 13.7. The van der Waals surface area contributed by atoms with Crippen LogP contribution in [0, 0.1) is 6.92 Å². The Bertz CT molecular complexity index is 780. The fraction of sp³-hybridized carbons (Fsp3) is 0.200. The monoisotopic (exact) mass is 361 g/mol. The van der Waals surface area contributed by atoms with Gasteiger partial charge in [-0.1, -0.05) is 29.3 Å². The summed E-state index contributed by atoms with van der Waals surface area (Å²) in [4.78, 5) is 0.0443. The molecule has 4 nitrogen and oxygen atoms in total. The van der Waals surface area contributed by atoms with Gasteiger partial charge in [0.1, 0.15) is 12.4 Å². The van der Waals surface area contributed by atoms with Crippen LogP contribution < -0.4 is 9.46 Å². The van der Waals surface area contributed by atoms with Crippen molar-refractivity contribution in [2.24, 2.45) is 0 Å². The van der Waals surface area contributed by atoms with Crippen LogP contribution in [0.3, 0.4) is 0 Å². The van der Waals surface area contributed by atoms with Crippen molar-refractivity contribution in [3.8, 4) is 5.75 Å². The fourth-order valence-corrected chi connectivity index (χ4v) is 3.02. The van der Waals surface area contributed by atoms with Gasteiger partial charge >= 0.3 is 0 Å². The van der Waals surface area contributed by atoms with Gasteiger partial charge in [-0.15, -0.1) is 0 Å². The second-order valence-corrected chi connectivity index (χ2v) is 6.88. The lowest BCUT2D eigenvalue weighted by atomic mass is 10.2. The zero-order valence-electron chi connectivity index (χ0n) is 12.1. The number of rotatable bonds is 6. The number of benzene rings is 2. The van der Waals surface area contributed by atoms with Crippen LogP contribution in [0.5, 0.6) is 5.75 Å². The Morgan fingerprint density at radius 1 is 1.17 bits per heavy atom. The Labute approximate surface area is 138 Å². The van der Waals surface area contributed by atoms with E-state index in [4.69, 9.17) is 16.3 Å². The van der Waals surface area contributed by atoms with E-state index in [1.165, 1.54) is 30.3 Å². The molecule has 0 bridgehead atoms. The van der Waals surface area contributed by atoms with Crippen molar-refractivity contribution in [1.29, 1.82) is 0 Å². The number of hydrogen-bond acceptors (Lipinski definition) is 3. The smallest absolute Gasteiger partial charge is 0.272 e. The molecule has 0 fully saturated rings. The van der Waals surface area contributed by atoms with Gasteiger partial charge in [0.05, 0.1) is 10.6 Å². The molecule has 0 heterocycles. The molecule has 2 rings (SSSR count). The van der Waals surface area contributed by atoms with Crippen LogP contribution in [0.1, 0.15) is 5.56 Å². The van der Waals surface area contributed by atoms with Gasteiger partial charge in [-0.05, 0) is 37.3 Å². The Morgan fingerprint density at radius 3 is 2.43 bits per heavy atom. The van der Waals surface area contributed by atoms with E-state index in [1.54, 1.807) is 12.1 Å². The average Bonchev–Trinajstić information content (AvgIpc) is 2.46. The highest BCUT2D eigenvalue weighted by molar-refractivity contribution is 7.92. The molecule has 2 aromatic carbocycles. The third-order valence-corrected chi connectivity index (χ3v) is 4.50. The number of aryl methyl sites for hydroxylation is 1. The largest absolute Gasteiger partial charge is 0.485 e. The SMILES string of the molecule is Cc1ccc(S(=O)(=O)Nc2cc(Cl)ccc2OCC(F)F)cc1. The Balaban J connectivity index is 2.30. The minimum Gasteiger partial charge on any atom is -0.485 e. The maximum Gasteiger partial charge on any atom is 0.272 e. The Morgan fingerprint density at radius 2 is 1.83 bits per heavy atom. The van der Waals surface area contributed by atoms with Gasteiger partial charge < -0.3 is 4.74 Å². The van der Waals surface area contributed by atoms with Gasteiger partial charge in [-0.3, -0.25) is 4.72 Å². The highest BCUT2D eigenvalue weighted by atomic mass is 35.5. The highest BCUT2D eigenvalue weighted by Gasteiger charge is 2.17. The zero-order chi connectivity index (χ0) is 17.0. The van der Waals surface area contributed by atoms with Crippen LogP contribution in [0.15, 0.2) is 47.4 Å². The topological polar surface area (TPSA) is 55.4 Å². The van der Waals surface area contributed by atoms with E-state index in [0.29, 0.717) is 0 Å². The van der Waals surface area contributed by atoms with Crippen LogP contribution in [0.4, 0.5) is 14.5 Å². The van der Waals surface area contributed by atoms with E-state index in [-0.39, 0.29) is 21.4 Å². The molecular weight excluding hydrogens is 348 g/mol. The van der Waals surface area contributed by atoms with E-state index in [9.17, 15) is 17.2 Å². The van der Waals surface area contributed by atoms with E-state index >= 15 is 0 Å². The van der Waals surface area contributed by atoms with Crippen molar-refractivity contribution in [2.75, 3.05) is 11.3 Å². The lowest BCUT2D eigenvalue weighted by molar-refractivity contribution is 0.0823. The molecule has 0 amide bonds. The molecule has 0 aliphatic rings. The molecule has 0 saturated heterocycles. The Kier molecular flexibility index (Phi) is 5.43. The number of anilines is 1. The molecule has 0 radical (unpaired) electrons. The molecule has 1 N–H and O–H groups in total. The predicted molar refractivity (Wildman–Crippen MR) is 84.9 cm³/mol.